The molecule has 1 aromatic heterocycles. The zero-order valence-corrected chi connectivity index (χ0v) is 15.2. The number of alkyl halides is 6. The third-order valence-electron chi connectivity index (χ3n) is 3.88. The number of rotatable bonds is 5. The maximum atomic E-state index is 12.8. The lowest BCUT2D eigenvalue weighted by molar-refractivity contribution is -0.275. The molecule has 3 aromatic rings. The first-order valence-corrected chi connectivity index (χ1v) is 8.39. The summed E-state index contributed by atoms with van der Waals surface area (Å²) >= 11 is 0. The van der Waals surface area contributed by atoms with Gasteiger partial charge in [0.2, 0.25) is 0 Å². The summed E-state index contributed by atoms with van der Waals surface area (Å²) in [6, 6.07) is 11.8. The number of carboxylic acid groups (broad SMARTS) is 1. The van der Waals surface area contributed by atoms with E-state index in [1.165, 1.54) is 30.3 Å². The van der Waals surface area contributed by atoms with E-state index in [4.69, 9.17) is 0 Å². The van der Waals surface area contributed by atoms with Crippen LogP contribution in [0.2, 0.25) is 0 Å². The standard InChI is InChI=1S/C20H11F6NO4/c21-19(22,23)30-15-7-3-1-5-11(15)14-10-9-13(18(28)29)17(27-14)12-6-2-4-8-16(12)31-20(24,25)26/h1-10H,(H,28,29). The number of benzene rings is 2. The summed E-state index contributed by atoms with van der Waals surface area (Å²) in [5.41, 5.74) is -1.51. The van der Waals surface area contributed by atoms with Crippen LogP contribution in [0.5, 0.6) is 11.5 Å². The fraction of sp³-hybridized carbons (Fsp3) is 0.100. The van der Waals surface area contributed by atoms with Crippen molar-refractivity contribution in [1.29, 1.82) is 0 Å². The van der Waals surface area contributed by atoms with Gasteiger partial charge in [0.05, 0.1) is 17.0 Å². The van der Waals surface area contributed by atoms with Gasteiger partial charge in [-0.2, -0.15) is 0 Å². The molecule has 0 saturated heterocycles. The van der Waals surface area contributed by atoms with Crippen molar-refractivity contribution in [3.63, 3.8) is 0 Å². The molecule has 0 bridgehead atoms. The molecule has 5 nitrogen and oxygen atoms in total. The number of nitrogens with zero attached hydrogens (tertiary/aromatic N) is 1. The minimum Gasteiger partial charge on any atom is -0.478 e. The average Bonchev–Trinajstić information content (AvgIpc) is 2.66. The SMILES string of the molecule is O=C(O)c1ccc(-c2ccccc2OC(F)(F)F)nc1-c1ccccc1OC(F)(F)F. The molecule has 0 amide bonds. The van der Waals surface area contributed by atoms with Crippen molar-refractivity contribution in [3.05, 3.63) is 66.2 Å². The maximum absolute atomic E-state index is 12.8. The lowest BCUT2D eigenvalue weighted by atomic mass is 10.0. The number of halogens is 6. The molecule has 0 aliphatic rings. The van der Waals surface area contributed by atoms with Crippen LogP contribution in [0.25, 0.3) is 22.5 Å². The Morgan fingerprint density at radius 2 is 1.23 bits per heavy atom. The second-order valence-electron chi connectivity index (χ2n) is 5.99. The van der Waals surface area contributed by atoms with Gasteiger partial charge in [-0.1, -0.05) is 24.3 Å². The van der Waals surface area contributed by atoms with Crippen molar-refractivity contribution in [1.82, 2.24) is 4.98 Å². The van der Waals surface area contributed by atoms with Crippen LogP contribution >= 0.6 is 0 Å². The quantitative estimate of drug-likeness (QED) is 0.497. The molecule has 0 fully saturated rings. The summed E-state index contributed by atoms with van der Waals surface area (Å²) in [6.45, 7) is 0. The Morgan fingerprint density at radius 3 is 1.74 bits per heavy atom. The fourth-order valence-corrected chi connectivity index (χ4v) is 2.75. The number of carboxylic acids is 1. The van der Waals surface area contributed by atoms with E-state index in [1.807, 2.05) is 0 Å². The van der Waals surface area contributed by atoms with Gasteiger partial charge in [-0.25, -0.2) is 9.78 Å². The van der Waals surface area contributed by atoms with Crippen LogP contribution < -0.4 is 9.47 Å². The van der Waals surface area contributed by atoms with E-state index < -0.39 is 41.5 Å². The van der Waals surface area contributed by atoms with Crippen LogP contribution in [0, 0.1) is 0 Å². The first-order chi connectivity index (χ1) is 14.4. The molecule has 31 heavy (non-hydrogen) atoms. The molecule has 0 aliphatic heterocycles. The monoisotopic (exact) mass is 443 g/mol. The molecule has 3 rings (SSSR count). The molecule has 162 valence electrons. The maximum Gasteiger partial charge on any atom is 0.573 e. The van der Waals surface area contributed by atoms with Gasteiger partial charge in [0, 0.05) is 11.1 Å². The van der Waals surface area contributed by atoms with E-state index in [9.17, 15) is 36.2 Å². The molecular formula is C20H11F6NO4. The molecule has 11 heteroatoms. The lowest BCUT2D eigenvalue weighted by Gasteiger charge is -2.16. The van der Waals surface area contributed by atoms with E-state index >= 15 is 0 Å². The Labute approximate surface area is 170 Å². The van der Waals surface area contributed by atoms with Crippen molar-refractivity contribution in [2.45, 2.75) is 12.7 Å². The van der Waals surface area contributed by atoms with Crippen LogP contribution in [0.1, 0.15) is 10.4 Å². The Morgan fingerprint density at radius 1 is 0.742 bits per heavy atom. The number of pyridine rings is 1. The molecule has 2 aromatic carbocycles. The molecule has 0 saturated carbocycles. The fourth-order valence-electron chi connectivity index (χ4n) is 2.75. The summed E-state index contributed by atoms with van der Waals surface area (Å²) in [4.78, 5) is 15.7. The molecule has 0 aliphatic carbocycles. The number of hydrogen-bond acceptors (Lipinski definition) is 4. The van der Waals surface area contributed by atoms with Gasteiger partial charge in [0.1, 0.15) is 11.5 Å². The van der Waals surface area contributed by atoms with Gasteiger partial charge in [-0.05, 0) is 36.4 Å². The first kappa shape index (κ1) is 21.9. The summed E-state index contributed by atoms with van der Waals surface area (Å²) in [5.74, 6) is -2.84. The summed E-state index contributed by atoms with van der Waals surface area (Å²) in [7, 11) is 0. The minimum absolute atomic E-state index is 0.146. The van der Waals surface area contributed by atoms with Crippen LogP contribution in [0.3, 0.4) is 0 Å². The third kappa shape index (κ3) is 5.44. The van der Waals surface area contributed by atoms with Crippen molar-refractivity contribution in [2.75, 3.05) is 0 Å². The van der Waals surface area contributed by atoms with Crippen LogP contribution in [0.15, 0.2) is 60.7 Å². The number of aromatic nitrogens is 1. The van der Waals surface area contributed by atoms with Crippen molar-refractivity contribution >= 4 is 5.97 Å². The van der Waals surface area contributed by atoms with Crippen LogP contribution in [-0.4, -0.2) is 28.8 Å². The molecule has 1 N–H and O–H groups in total. The normalized spacial score (nSPS) is 11.8. The second kappa shape index (κ2) is 8.17. The van der Waals surface area contributed by atoms with Crippen molar-refractivity contribution < 1.29 is 45.7 Å². The predicted molar refractivity (Wildman–Crippen MR) is 95.4 cm³/mol. The van der Waals surface area contributed by atoms with E-state index in [0.717, 1.165) is 30.3 Å². The zero-order chi connectivity index (χ0) is 22.8. The van der Waals surface area contributed by atoms with Crippen molar-refractivity contribution in [3.8, 4) is 34.0 Å². The average molecular weight is 443 g/mol. The Balaban J connectivity index is 2.20. The molecule has 0 unspecified atom stereocenters. The van der Waals surface area contributed by atoms with Gasteiger partial charge >= 0.3 is 18.7 Å². The number of carbonyl (C=O) groups is 1. The molecule has 0 spiro atoms. The largest absolute Gasteiger partial charge is 0.573 e. The zero-order valence-electron chi connectivity index (χ0n) is 15.2. The van der Waals surface area contributed by atoms with E-state index in [0.29, 0.717) is 0 Å². The molecule has 1 heterocycles. The number of ether oxygens (including phenoxy) is 2. The van der Waals surface area contributed by atoms with Crippen LogP contribution in [-0.2, 0) is 0 Å². The topological polar surface area (TPSA) is 68.7 Å². The van der Waals surface area contributed by atoms with Crippen LogP contribution in [0.4, 0.5) is 26.3 Å². The lowest BCUT2D eigenvalue weighted by Crippen LogP contribution is -2.18. The summed E-state index contributed by atoms with van der Waals surface area (Å²) < 4.78 is 84.4. The van der Waals surface area contributed by atoms with Gasteiger partial charge in [-0.3, -0.25) is 0 Å². The van der Waals surface area contributed by atoms with Gasteiger partial charge in [-0.15, -0.1) is 26.3 Å². The Hall–Kier alpha value is -3.76. The highest BCUT2D eigenvalue weighted by atomic mass is 19.4. The molecule has 0 radical (unpaired) electrons. The minimum atomic E-state index is -5.07. The smallest absolute Gasteiger partial charge is 0.478 e. The second-order valence-corrected chi connectivity index (χ2v) is 5.99. The first-order valence-electron chi connectivity index (χ1n) is 8.39. The molecule has 0 atom stereocenters. The third-order valence-corrected chi connectivity index (χ3v) is 3.88. The predicted octanol–water partition coefficient (Wildman–Crippen LogP) is 5.91. The number of hydrogen-bond donors (Lipinski definition) is 1. The van der Waals surface area contributed by atoms with Gasteiger partial charge in [0.25, 0.3) is 0 Å². The van der Waals surface area contributed by atoms with Gasteiger partial charge < -0.3 is 14.6 Å². The van der Waals surface area contributed by atoms with Gasteiger partial charge in [0.15, 0.2) is 0 Å². The summed E-state index contributed by atoms with van der Waals surface area (Å²) in [6.07, 6.45) is -10.1. The highest BCUT2D eigenvalue weighted by Gasteiger charge is 2.34. The highest BCUT2D eigenvalue weighted by Crippen LogP contribution is 2.38. The van der Waals surface area contributed by atoms with E-state index in [1.54, 1.807) is 0 Å². The van der Waals surface area contributed by atoms with E-state index in [2.05, 4.69) is 14.5 Å². The number of aromatic carboxylic acids is 1. The van der Waals surface area contributed by atoms with Crippen molar-refractivity contribution in [2.24, 2.45) is 0 Å². The highest BCUT2D eigenvalue weighted by molar-refractivity contribution is 5.96. The summed E-state index contributed by atoms with van der Waals surface area (Å²) in [5, 5.41) is 9.44. The van der Waals surface area contributed by atoms with E-state index in [-0.39, 0.29) is 16.8 Å². The molecular weight excluding hydrogens is 432 g/mol. The Kier molecular flexibility index (Phi) is 5.78. The number of para-hydroxylation sites is 2. The Bertz CT molecular complexity index is 1110.